The first-order valence-electron chi connectivity index (χ1n) is 10.3. The zero-order valence-electron chi connectivity index (χ0n) is 17.7. The van der Waals surface area contributed by atoms with Crippen LogP contribution >= 0.6 is 11.3 Å². The molecule has 4 rings (SSSR count). The van der Waals surface area contributed by atoms with Gasteiger partial charge in [0.15, 0.2) is 0 Å². The second-order valence-electron chi connectivity index (χ2n) is 7.69. The van der Waals surface area contributed by atoms with E-state index in [2.05, 4.69) is 27.3 Å². The quantitative estimate of drug-likeness (QED) is 0.244. The molecule has 2 aromatic heterocycles. The monoisotopic (exact) mass is 464 g/mol. The lowest BCUT2D eigenvalue weighted by atomic mass is 10.00. The third-order valence-electron chi connectivity index (χ3n) is 5.31. The van der Waals surface area contributed by atoms with Crippen molar-refractivity contribution in [1.82, 2.24) is 10.2 Å². The number of nitro benzene ring substituents is 1. The largest absolute Gasteiger partial charge is 0.457 e. The highest BCUT2D eigenvalue weighted by Gasteiger charge is 2.20. The lowest BCUT2D eigenvalue weighted by molar-refractivity contribution is -0.384. The average Bonchev–Trinajstić information content (AvgIpc) is 3.48. The van der Waals surface area contributed by atoms with E-state index < -0.39 is 10.8 Å². The average molecular weight is 465 g/mol. The number of carbonyl (C=O) groups is 1. The number of carbonyl (C=O) groups excluding carboxylic acids is 1. The summed E-state index contributed by atoms with van der Waals surface area (Å²) in [7, 11) is 0. The van der Waals surface area contributed by atoms with Gasteiger partial charge in [-0.05, 0) is 30.9 Å². The van der Waals surface area contributed by atoms with Gasteiger partial charge in [-0.1, -0.05) is 30.4 Å². The molecule has 1 amide bonds. The van der Waals surface area contributed by atoms with Crippen molar-refractivity contribution in [2.45, 2.75) is 19.8 Å². The van der Waals surface area contributed by atoms with E-state index in [1.165, 1.54) is 29.5 Å². The Bertz CT molecular complexity index is 1250. The number of nitrogens with zero attached hydrogens (tertiary/aromatic N) is 5. The molecule has 10 nitrogen and oxygen atoms in total. The van der Waals surface area contributed by atoms with Crippen LogP contribution in [0.1, 0.15) is 25.5 Å². The van der Waals surface area contributed by atoms with Gasteiger partial charge in [-0.25, -0.2) is 0 Å². The minimum absolute atomic E-state index is 0.0615. The van der Waals surface area contributed by atoms with Crippen LogP contribution in [0.5, 0.6) is 0 Å². The van der Waals surface area contributed by atoms with E-state index in [1.54, 1.807) is 24.3 Å². The molecule has 1 aromatic carbocycles. The molecule has 3 aromatic rings. The number of non-ortho nitro benzene ring substituents is 1. The Hall–Kier alpha value is -4.04. The maximum absolute atomic E-state index is 12.6. The molecule has 0 spiro atoms. The number of nitrogens with one attached hydrogen (secondary N) is 1. The topological polar surface area (TPSA) is 138 Å². The van der Waals surface area contributed by atoms with Gasteiger partial charge in [-0.15, -0.1) is 10.2 Å². The summed E-state index contributed by atoms with van der Waals surface area (Å²) in [6.45, 7) is 4.03. The Labute approximate surface area is 193 Å². The fourth-order valence-corrected chi connectivity index (χ4v) is 4.20. The van der Waals surface area contributed by atoms with Crippen molar-refractivity contribution in [2.24, 2.45) is 5.92 Å². The normalized spacial score (nSPS) is 14.7. The molecule has 0 unspecified atom stereocenters. The molecule has 0 radical (unpaired) electrons. The third kappa shape index (κ3) is 5.24. The molecule has 0 bridgehead atoms. The Morgan fingerprint density at radius 2 is 2.12 bits per heavy atom. The Kier molecular flexibility index (Phi) is 6.46. The smallest absolute Gasteiger partial charge is 0.270 e. The van der Waals surface area contributed by atoms with E-state index in [1.807, 2.05) is 6.07 Å². The zero-order valence-corrected chi connectivity index (χ0v) is 18.5. The number of furan rings is 1. The molecule has 1 saturated heterocycles. The first-order chi connectivity index (χ1) is 15.9. The number of nitriles is 1. The van der Waals surface area contributed by atoms with Crippen molar-refractivity contribution >= 4 is 39.3 Å². The van der Waals surface area contributed by atoms with E-state index in [0.717, 1.165) is 31.1 Å². The molecular weight excluding hydrogens is 444 g/mol. The molecule has 1 aliphatic heterocycles. The number of amides is 1. The molecule has 1 N–H and O–H groups in total. The van der Waals surface area contributed by atoms with Gasteiger partial charge in [0, 0.05) is 36.9 Å². The molecule has 168 valence electrons. The van der Waals surface area contributed by atoms with Crippen molar-refractivity contribution in [1.29, 1.82) is 5.26 Å². The van der Waals surface area contributed by atoms with Crippen LogP contribution in [0.25, 0.3) is 17.4 Å². The lowest BCUT2D eigenvalue weighted by Gasteiger charge is -2.29. The lowest BCUT2D eigenvalue weighted by Crippen LogP contribution is -2.32. The predicted molar refractivity (Wildman–Crippen MR) is 124 cm³/mol. The number of nitro groups is 1. The van der Waals surface area contributed by atoms with Crippen molar-refractivity contribution in [3.63, 3.8) is 0 Å². The number of aromatic nitrogens is 2. The predicted octanol–water partition coefficient (Wildman–Crippen LogP) is 4.49. The first kappa shape index (κ1) is 22.2. The molecule has 33 heavy (non-hydrogen) atoms. The third-order valence-corrected chi connectivity index (χ3v) is 6.21. The molecular formula is C22H20N6O4S. The van der Waals surface area contributed by atoms with Gasteiger partial charge in [-0.3, -0.25) is 20.2 Å². The van der Waals surface area contributed by atoms with E-state index >= 15 is 0 Å². The van der Waals surface area contributed by atoms with Gasteiger partial charge in [0.25, 0.3) is 11.6 Å². The molecule has 0 atom stereocenters. The van der Waals surface area contributed by atoms with Crippen LogP contribution in [0.15, 0.2) is 46.4 Å². The van der Waals surface area contributed by atoms with Gasteiger partial charge >= 0.3 is 0 Å². The van der Waals surface area contributed by atoms with Crippen molar-refractivity contribution in [3.8, 4) is 17.4 Å². The van der Waals surface area contributed by atoms with E-state index in [4.69, 9.17) is 4.42 Å². The summed E-state index contributed by atoms with van der Waals surface area (Å²) < 4.78 is 5.67. The molecule has 1 fully saturated rings. The Morgan fingerprint density at radius 1 is 1.33 bits per heavy atom. The summed E-state index contributed by atoms with van der Waals surface area (Å²) in [6.07, 6.45) is 3.48. The fourth-order valence-electron chi connectivity index (χ4n) is 3.41. The molecule has 3 heterocycles. The molecule has 1 aliphatic rings. The Morgan fingerprint density at radius 3 is 2.85 bits per heavy atom. The van der Waals surface area contributed by atoms with E-state index in [0.29, 0.717) is 22.4 Å². The number of hydrogen-bond donors (Lipinski definition) is 1. The standard InChI is InChI=1S/C22H20N6O4S/c1-14-7-9-27(10-8-14)22-26-25-21(33-22)24-20(29)16(13-23)12-18-5-6-19(32-18)15-3-2-4-17(11-15)28(30)31/h2-6,11-12,14H,7-10H2,1H3,(H,24,25,29). The van der Waals surface area contributed by atoms with Crippen LogP contribution in [0.4, 0.5) is 16.0 Å². The SMILES string of the molecule is CC1CCN(c2nnc(NC(=O)C(C#N)=Cc3ccc(-c4cccc([N+](=O)[O-])c4)o3)s2)CC1. The van der Waals surface area contributed by atoms with Gasteiger partial charge in [0.1, 0.15) is 23.2 Å². The summed E-state index contributed by atoms with van der Waals surface area (Å²) in [6, 6.07) is 11.1. The van der Waals surface area contributed by atoms with E-state index in [-0.39, 0.29) is 17.0 Å². The highest BCUT2D eigenvalue weighted by molar-refractivity contribution is 7.19. The molecule has 11 heteroatoms. The minimum Gasteiger partial charge on any atom is -0.457 e. The summed E-state index contributed by atoms with van der Waals surface area (Å²) in [5.41, 5.74) is 0.285. The number of rotatable bonds is 6. The van der Waals surface area contributed by atoms with Crippen LogP contribution in [-0.4, -0.2) is 34.1 Å². The van der Waals surface area contributed by atoms with Crippen LogP contribution in [0.2, 0.25) is 0 Å². The highest BCUT2D eigenvalue weighted by atomic mass is 32.1. The maximum atomic E-state index is 12.6. The van der Waals surface area contributed by atoms with Crippen molar-refractivity contribution in [3.05, 3.63) is 57.8 Å². The van der Waals surface area contributed by atoms with Crippen molar-refractivity contribution in [2.75, 3.05) is 23.3 Å². The van der Waals surface area contributed by atoms with Gasteiger partial charge in [-0.2, -0.15) is 5.26 Å². The summed E-state index contributed by atoms with van der Waals surface area (Å²) in [5, 5.41) is 32.3. The number of hydrogen-bond acceptors (Lipinski definition) is 9. The van der Waals surface area contributed by atoms with Gasteiger partial charge in [0.2, 0.25) is 10.3 Å². The Balaban J connectivity index is 1.45. The van der Waals surface area contributed by atoms with Crippen LogP contribution in [0.3, 0.4) is 0 Å². The van der Waals surface area contributed by atoms with Crippen LogP contribution in [0, 0.1) is 27.4 Å². The zero-order chi connectivity index (χ0) is 23.4. The van der Waals surface area contributed by atoms with Crippen LogP contribution in [-0.2, 0) is 4.79 Å². The van der Waals surface area contributed by atoms with E-state index in [9.17, 15) is 20.2 Å². The first-order valence-corrected chi connectivity index (χ1v) is 11.1. The summed E-state index contributed by atoms with van der Waals surface area (Å²) in [5.74, 6) is 0.715. The van der Waals surface area contributed by atoms with Crippen molar-refractivity contribution < 1.29 is 14.1 Å². The summed E-state index contributed by atoms with van der Waals surface area (Å²) in [4.78, 5) is 25.2. The number of piperidine rings is 1. The maximum Gasteiger partial charge on any atom is 0.270 e. The highest BCUT2D eigenvalue weighted by Crippen LogP contribution is 2.29. The van der Waals surface area contributed by atoms with Crippen LogP contribution < -0.4 is 10.2 Å². The number of benzene rings is 1. The second kappa shape index (κ2) is 9.62. The summed E-state index contributed by atoms with van der Waals surface area (Å²) >= 11 is 1.26. The fraction of sp³-hybridized carbons (Fsp3) is 0.273. The van der Waals surface area contributed by atoms with Gasteiger partial charge < -0.3 is 9.32 Å². The molecule has 0 saturated carbocycles. The minimum atomic E-state index is -0.624. The number of anilines is 2. The molecule has 0 aliphatic carbocycles. The second-order valence-corrected chi connectivity index (χ2v) is 8.65. The van der Waals surface area contributed by atoms with Gasteiger partial charge in [0.05, 0.1) is 4.92 Å².